The van der Waals surface area contributed by atoms with Gasteiger partial charge in [0.25, 0.3) is 5.91 Å². The van der Waals surface area contributed by atoms with E-state index in [9.17, 15) is 9.59 Å². The van der Waals surface area contributed by atoms with Gasteiger partial charge in [-0.2, -0.15) is 0 Å². The van der Waals surface area contributed by atoms with E-state index in [4.69, 9.17) is 0 Å². The van der Waals surface area contributed by atoms with Crippen LogP contribution in [0.1, 0.15) is 35.3 Å². The van der Waals surface area contributed by atoms with Crippen molar-refractivity contribution in [2.45, 2.75) is 33.0 Å². The Morgan fingerprint density at radius 3 is 2.11 bits per heavy atom. The number of likely N-dealkylation sites (N-methyl/N-ethyl adjacent to an activating group) is 2. The fourth-order valence-corrected chi connectivity index (χ4v) is 2.93. The molecule has 0 spiro atoms. The summed E-state index contributed by atoms with van der Waals surface area (Å²) in [7, 11) is 3.57. The third kappa shape index (κ3) is 5.66. The van der Waals surface area contributed by atoms with Crippen LogP contribution in [0.25, 0.3) is 0 Å². The van der Waals surface area contributed by atoms with Gasteiger partial charge in [0.1, 0.15) is 0 Å². The zero-order valence-corrected chi connectivity index (χ0v) is 16.6. The molecule has 0 unspecified atom stereocenters. The fourth-order valence-electron chi connectivity index (χ4n) is 2.93. The summed E-state index contributed by atoms with van der Waals surface area (Å²) in [6.07, 6.45) is 0. The van der Waals surface area contributed by atoms with Gasteiger partial charge in [-0.25, -0.2) is 0 Å². The first-order chi connectivity index (χ1) is 13.0. The van der Waals surface area contributed by atoms with Gasteiger partial charge in [-0.1, -0.05) is 42.5 Å². The number of benzene rings is 2. The average Bonchev–Trinajstić information content (AvgIpc) is 2.71. The second-order valence-corrected chi connectivity index (χ2v) is 6.71. The maximum absolute atomic E-state index is 12.9. The largest absolute Gasteiger partial charge is 0.355 e. The Balaban J connectivity index is 1.99. The Kier molecular flexibility index (Phi) is 7.55. The SMILES string of the molecule is CCN(Cc1ccccc1)C(=O)[C@H](C)N(C)Cc1ccc(C(=O)NC)cc1. The summed E-state index contributed by atoms with van der Waals surface area (Å²) in [6, 6.07) is 17.3. The lowest BCUT2D eigenvalue weighted by Crippen LogP contribution is -2.45. The van der Waals surface area contributed by atoms with Gasteiger partial charge in [-0.15, -0.1) is 0 Å². The van der Waals surface area contributed by atoms with Crippen LogP contribution in [0, 0.1) is 0 Å². The van der Waals surface area contributed by atoms with Crippen molar-refractivity contribution in [2.24, 2.45) is 0 Å². The molecule has 0 radical (unpaired) electrons. The highest BCUT2D eigenvalue weighted by atomic mass is 16.2. The van der Waals surface area contributed by atoms with Crippen LogP contribution >= 0.6 is 0 Å². The molecule has 2 rings (SSSR count). The Morgan fingerprint density at radius 2 is 1.56 bits per heavy atom. The average molecular weight is 367 g/mol. The van der Waals surface area contributed by atoms with Crippen LogP contribution in [0.5, 0.6) is 0 Å². The molecular formula is C22H29N3O2. The van der Waals surface area contributed by atoms with Gasteiger partial charge >= 0.3 is 0 Å². The van der Waals surface area contributed by atoms with E-state index in [1.807, 2.05) is 85.3 Å². The molecule has 1 atom stereocenters. The van der Waals surface area contributed by atoms with Gasteiger partial charge in [0.2, 0.25) is 5.91 Å². The fraction of sp³-hybridized carbons (Fsp3) is 0.364. The molecule has 0 aliphatic heterocycles. The second-order valence-electron chi connectivity index (χ2n) is 6.71. The van der Waals surface area contributed by atoms with Gasteiger partial charge in [-0.3, -0.25) is 14.5 Å². The Labute approximate surface area is 162 Å². The molecule has 2 aromatic rings. The quantitative estimate of drug-likeness (QED) is 0.780. The molecule has 0 aliphatic carbocycles. The second kappa shape index (κ2) is 9.88. The molecule has 2 amide bonds. The van der Waals surface area contributed by atoms with E-state index in [0.29, 0.717) is 25.2 Å². The number of hydrogen-bond donors (Lipinski definition) is 1. The highest BCUT2D eigenvalue weighted by Crippen LogP contribution is 2.12. The third-order valence-corrected chi connectivity index (χ3v) is 4.80. The van der Waals surface area contributed by atoms with Gasteiger partial charge in [0, 0.05) is 32.2 Å². The summed E-state index contributed by atoms with van der Waals surface area (Å²) < 4.78 is 0. The predicted octanol–water partition coefficient (Wildman–Crippen LogP) is 2.92. The van der Waals surface area contributed by atoms with Gasteiger partial charge in [0.05, 0.1) is 6.04 Å². The van der Waals surface area contributed by atoms with Crippen molar-refractivity contribution in [1.82, 2.24) is 15.1 Å². The molecular weight excluding hydrogens is 338 g/mol. The molecule has 5 nitrogen and oxygen atoms in total. The summed E-state index contributed by atoms with van der Waals surface area (Å²) in [4.78, 5) is 28.5. The Hall–Kier alpha value is -2.66. The Morgan fingerprint density at radius 1 is 0.963 bits per heavy atom. The van der Waals surface area contributed by atoms with Crippen molar-refractivity contribution in [3.05, 3.63) is 71.3 Å². The molecule has 0 aliphatic rings. The van der Waals surface area contributed by atoms with E-state index in [1.165, 1.54) is 0 Å². The molecule has 0 saturated heterocycles. The number of nitrogens with one attached hydrogen (secondary N) is 1. The van der Waals surface area contributed by atoms with Crippen LogP contribution in [0.2, 0.25) is 0 Å². The molecule has 27 heavy (non-hydrogen) atoms. The van der Waals surface area contributed by atoms with Crippen molar-refractivity contribution in [3.63, 3.8) is 0 Å². The van der Waals surface area contributed by atoms with Gasteiger partial charge in [-0.05, 0) is 44.2 Å². The summed E-state index contributed by atoms with van der Waals surface area (Å²) in [5.41, 5.74) is 2.83. The zero-order chi connectivity index (χ0) is 19.8. The first-order valence-electron chi connectivity index (χ1n) is 9.30. The molecule has 0 bridgehead atoms. The lowest BCUT2D eigenvalue weighted by atomic mass is 10.1. The standard InChI is InChI=1S/C22H29N3O2/c1-5-25(16-18-9-7-6-8-10-18)22(27)17(2)24(4)15-19-11-13-20(14-12-19)21(26)23-3/h6-14,17H,5,15-16H2,1-4H3,(H,23,26)/t17-/m0/s1. The minimum atomic E-state index is -0.229. The van der Waals surface area contributed by atoms with Gasteiger partial charge in [0.15, 0.2) is 0 Å². The first-order valence-corrected chi connectivity index (χ1v) is 9.30. The molecule has 144 valence electrons. The molecule has 0 fully saturated rings. The first kappa shape index (κ1) is 20.6. The van der Waals surface area contributed by atoms with Gasteiger partial charge < -0.3 is 10.2 Å². The molecule has 0 saturated carbocycles. The minimum absolute atomic E-state index is 0.0991. The summed E-state index contributed by atoms with van der Waals surface area (Å²) >= 11 is 0. The monoisotopic (exact) mass is 367 g/mol. The van der Waals surface area contributed by atoms with Crippen molar-refractivity contribution in [2.75, 3.05) is 20.6 Å². The van der Waals surface area contributed by atoms with Crippen LogP contribution in [-0.4, -0.2) is 48.3 Å². The molecule has 2 aromatic carbocycles. The number of rotatable bonds is 8. The summed E-state index contributed by atoms with van der Waals surface area (Å²) in [5.74, 6) is 0.0174. The van der Waals surface area contributed by atoms with Crippen molar-refractivity contribution in [1.29, 1.82) is 0 Å². The normalized spacial score (nSPS) is 11.9. The number of amides is 2. The van der Waals surface area contributed by atoms with Crippen LogP contribution in [0.3, 0.4) is 0 Å². The molecule has 0 aromatic heterocycles. The zero-order valence-electron chi connectivity index (χ0n) is 16.6. The third-order valence-electron chi connectivity index (χ3n) is 4.80. The lowest BCUT2D eigenvalue weighted by molar-refractivity contribution is -0.136. The maximum Gasteiger partial charge on any atom is 0.251 e. The Bertz CT molecular complexity index is 744. The lowest BCUT2D eigenvalue weighted by Gasteiger charge is -2.30. The molecule has 0 heterocycles. The molecule has 5 heteroatoms. The van der Waals surface area contributed by atoms with E-state index >= 15 is 0 Å². The minimum Gasteiger partial charge on any atom is -0.355 e. The van der Waals surface area contributed by atoms with Crippen LogP contribution in [0.15, 0.2) is 54.6 Å². The van der Waals surface area contributed by atoms with Crippen LogP contribution in [-0.2, 0) is 17.9 Å². The summed E-state index contributed by atoms with van der Waals surface area (Å²) in [5, 5.41) is 2.61. The van der Waals surface area contributed by atoms with E-state index < -0.39 is 0 Å². The maximum atomic E-state index is 12.9. The smallest absolute Gasteiger partial charge is 0.251 e. The van der Waals surface area contributed by atoms with Crippen molar-refractivity contribution >= 4 is 11.8 Å². The predicted molar refractivity (Wildman–Crippen MR) is 108 cm³/mol. The number of carbonyl (C=O) groups excluding carboxylic acids is 2. The van der Waals surface area contributed by atoms with E-state index in [-0.39, 0.29) is 17.9 Å². The van der Waals surface area contributed by atoms with Crippen LogP contribution < -0.4 is 5.32 Å². The number of nitrogens with zero attached hydrogens (tertiary/aromatic N) is 2. The number of carbonyl (C=O) groups is 2. The van der Waals surface area contributed by atoms with Crippen molar-refractivity contribution in [3.8, 4) is 0 Å². The highest BCUT2D eigenvalue weighted by Gasteiger charge is 2.23. The highest BCUT2D eigenvalue weighted by molar-refractivity contribution is 5.93. The van der Waals surface area contributed by atoms with E-state index in [1.54, 1.807) is 7.05 Å². The number of hydrogen-bond acceptors (Lipinski definition) is 3. The topological polar surface area (TPSA) is 52.7 Å². The molecule has 1 N–H and O–H groups in total. The van der Waals surface area contributed by atoms with E-state index in [2.05, 4.69) is 5.32 Å². The van der Waals surface area contributed by atoms with Crippen LogP contribution in [0.4, 0.5) is 0 Å². The van der Waals surface area contributed by atoms with E-state index in [0.717, 1.165) is 11.1 Å². The summed E-state index contributed by atoms with van der Waals surface area (Å²) in [6.45, 7) is 5.88. The van der Waals surface area contributed by atoms with Crippen molar-refractivity contribution < 1.29 is 9.59 Å².